The molecule has 1 aliphatic carbocycles. The van der Waals surface area contributed by atoms with Gasteiger partial charge in [-0.05, 0) is 55.9 Å². The minimum atomic E-state index is -0.255. The van der Waals surface area contributed by atoms with Crippen LogP contribution in [0.5, 0.6) is 0 Å². The summed E-state index contributed by atoms with van der Waals surface area (Å²) in [5.74, 6) is 0.801. The molecule has 1 unspecified atom stereocenters. The molecule has 0 saturated heterocycles. The molecule has 30 heavy (non-hydrogen) atoms. The maximum absolute atomic E-state index is 12.6. The second kappa shape index (κ2) is 9.00. The van der Waals surface area contributed by atoms with E-state index in [1.165, 1.54) is 22.9 Å². The van der Waals surface area contributed by atoms with Crippen LogP contribution in [-0.2, 0) is 17.6 Å². The molecule has 1 aliphatic rings. The lowest BCUT2D eigenvalue weighted by Gasteiger charge is -2.19. The summed E-state index contributed by atoms with van der Waals surface area (Å²) >= 11 is 1.45. The highest BCUT2D eigenvalue weighted by atomic mass is 32.2. The number of carbonyl (C=O) groups excluding carboxylic acids is 1. The van der Waals surface area contributed by atoms with Crippen molar-refractivity contribution in [2.24, 2.45) is 0 Å². The van der Waals surface area contributed by atoms with Crippen LogP contribution in [0.1, 0.15) is 44.7 Å². The molecule has 2 heterocycles. The summed E-state index contributed by atoms with van der Waals surface area (Å²) in [5.41, 5.74) is 4.48. The van der Waals surface area contributed by atoms with Crippen LogP contribution >= 0.6 is 11.8 Å². The van der Waals surface area contributed by atoms with Gasteiger partial charge >= 0.3 is 0 Å². The SMILES string of the molecule is CCc1cccc(CC)c1-n1c(SC(C)C(=O)NC2CC2)nnc1-c1cccnc1. The first-order valence-electron chi connectivity index (χ1n) is 10.6. The molecule has 0 spiro atoms. The number of benzene rings is 1. The first kappa shape index (κ1) is 20.6. The van der Waals surface area contributed by atoms with E-state index in [0.29, 0.717) is 6.04 Å². The number of nitrogens with zero attached hydrogens (tertiary/aromatic N) is 4. The molecule has 1 aromatic carbocycles. The van der Waals surface area contributed by atoms with Gasteiger partial charge in [0.05, 0.1) is 10.9 Å². The number of thioether (sulfide) groups is 1. The largest absolute Gasteiger partial charge is 0.352 e. The van der Waals surface area contributed by atoms with Crippen molar-refractivity contribution in [3.8, 4) is 17.1 Å². The minimum Gasteiger partial charge on any atom is -0.352 e. The first-order valence-corrected chi connectivity index (χ1v) is 11.4. The van der Waals surface area contributed by atoms with E-state index < -0.39 is 0 Å². The van der Waals surface area contributed by atoms with Crippen LogP contribution in [0.15, 0.2) is 47.9 Å². The number of carbonyl (C=O) groups is 1. The molecular weight excluding hydrogens is 394 g/mol. The molecular formula is C23H27N5OS. The summed E-state index contributed by atoms with van der Waals surface area (Å²) in [6.07, 6.45) is 7.51. The summed E-state index contributed by atoms with van der Waals surface area (Å²) in [6.45, 7) is 6.24. The van der Waals surface area contributed by atoms with E-state index in [0.717, 1.165) is 47.9 Å². The lowest BCUT2D eigenvalue weighted by molar-refractivity contribution is -0.120. The fourth-order valence-electron chi connectivity index (χ4n) is 3.49. The Hall–Kier alpha value is -2.67. The van der Waals surface area contributed by atoms with E-state index in [4.69, 9.17) is 0 Å². The van der Waals surface area contributed by atoms with Gasteiger partial charge in [-0.2, -0.15) is 0 Å². The van der Waals surface area contributed by atoms with Gasteiger partial charge in [-0.1, -0.05) is 43.8 Å². The van der Waals surface area contributed by atoms with E-state index in [1.807, 2.05) is 19.1 Å². The molecule has 1 N–H and O–H groups in total. The van der Waals surface area contributed by atoms with Gasteiger partial charge in [0.25, 0.3) is 0 Å². The lowest BCUT2D eigenvalue weighted by atomic mass is 10.0. The highest BCUT2D eigenvalue weighted by Gasteiger charge is 2.28. The molecule has 0 aliphatic heterocycles. The highest BCUT2D eigenvalue weighted by Crippen LogP contribution is 2.33. The second-order valence-corrected chi connectivity index (χ2v) is 8.87. The Bertz CT molecular complexity index is 1010. The standard InChI is InChI=1S/C23H27N5OS/c1-4-16-8-6-9-17(5-2)20(16)28-21(18-10-7-13-24-14-18)26-27-23(28)30-15(3)22(29)25-19-11-12-19/h6-10,13-15,19H,4-5,11-12H2,1-3H3,(H,25,29). The molecule has 1 fully saturated rings. The van der Waals surface area contributed by atoms with Crippen molar-refractivity contribution in [1.29, 1.82) is 0 Å². The smallest absolute Gasteiger partial charge is 0.233 e. The number of para-hydroxylation sites is 1. The fourth-order valence-corrected chi connectivity index (χ4v) is 4.35. The third-order valence-electron chi connectivity index (χ3n) is 5.32. The molecule has 7 heteroatoms. The first-order chi connectivity index (χ1) is 14.6. The Labute approximate surface area is 181 Å². The van der Waals surface area contributed by atoms with Crippen LogP contribution in [0.4, 0.5) is 0 Å². The van der Waals surface area contributed by atoms with Crippen molar-refractivity contribution in [2.45, 2.75) is 62.9 Å². The monoisotopic (exact) mass is 421 g/mol. The number of aryl methyl sites for hydroxylation is 2. The predicted octanol–water partition coefficient (Wildman–Crippen LogP) is 4.21. The van der Waals surface area contributed by atoms with Crippen LogP contribution in [0.2, 0.25) is 0 Å². The normalized spacial score (nSPS) is 14.5. The highest BCUT2D eigenvalue weighted by molar-refractivity contribution is 8.00. The summed E-state index contributed by atoms with van der Waals surface area (Å²) in [6, 6.07) is 10.6. The van der Waals surface area contributed by atoms with Crippen LogP contribution in [0, 0.1) is 0 Å². The van der Waals surface area contributed by atoms with E-state index in [2.05, 4.69) is 57.1 Å². The molecule has 2 aromatic heterocycles. The average molecular weight is 422 g/mol. The van der Waals surface area contributed by atoms with Gasteiger partial charge in [0, 0.05) is 24.0 Å². The van der Waals surface area contributed by atoms with Crippen molar-refractivity contribution < 1.29 is 4.79 Å². The van der Waals surface area contributed by atoms with E-state index in [-0.39, 0.29) is 11.2 Å². The van der Waals surface area contributed by atoms with Crippen molar-refractivity contribution in [2.75, 3.05) is 0 Å². The summed E-state index contributed by atoms with van der Waals surface area (Å²) in [4.78, 5) is 16.8. The topological polar surface area (TPSA) is 72.7 Å². The molecule has 0 radical (unpaired) electrons. The number of pyridine rings is 1. The fraction of sp³-hybridized carbons (Fsp3) is 0.391. The Morgan fingerprint density at radius 3 is 2.50 bits per heavy atom. The van der Waals surface area contributed by atoms with Gasteiger partial charge in [-0.15, -0.1) is 10.2 Å². The number of rotatable bonds is 8. The molecule has 1 atom stereocenters. The number of aromatic nitrogens is 4. The van der Waals surface area contributed by atoms with Crippen LogP contribution in [-0.4, -0.2) is 36.9 Å². The third-order valence-corrected chi connectivity index (χ3v) is 6.36. The van der Waals surface area contributed by atoms with Gasteiger partial charge in [0.2, 0.25) is 5.91 Å². The predicted molar refractivity (Wildman–Crippen MR) is 120 cm³/mol. The molecule has 0 bridgehead atoms. The van der Waals surface area contributed by atoms with E-state index in [9.17, 15) is 4.79 Å². The van der Waals surface area contributed by atoms with Gasteiger partial charge < -0.3 is 5.32 Å². The van der Waals surface area contributed by atoms with Gasteiger partial charge in [0.15, 0.2) is 11.0 Å². The molecule has 1 saturated carbocycles. The Balaban J connectivity index is 1.81. The molecule has 6 nitrogen and oxygen atoms in total. The van der Waals surface area contributed by atoms with E-state index >= 15 is 0 Å². The summed E-state index contributed by atoms with van der Waals surface area (Å²) < 4.78 is 2.11. The molecule has 1 amide bonds. The van der Waals surface area contributed by atoms with Gasteiger partial charge in [-0.3, -0.25) is 14.3 Å². The number of amides is 1. The summed E-state index contributed by atoms with van der Waals surface area (Å²) in [7, 11) is 0. The zero-order valence-electron chi connectivity index (χ0n) is 17.6. The molecule has 3 aromatic rings. The van der Waals surface area contributed by atoms with Crippen molar-refractivity contribution >= 4 is 17.7 Å². The van der Waals surface area contributed by atoms with Crippen LogP contribution in [0.25, 0.3) is 17.1 Å². The van der Waals surface area contributed by atoms with Crippen molar-refractivity contribution in [1.82, 2.24) is 25.1 Å². The van der Waals surface area contributed by atoms with Crippen LogP contribution in [0.3, 0.4) is 0 Å². The number of nitrogens with one attached hydrogen (secondary N) is 1. The molecule has 156 valence electrons. The van der Waals surface area contributed by atoms with Crippen molar-refractivity contribution in [3.63, 3.8) is 0 Å². The number of hydrogen-bond donors (Lipinski definition) is 1. The minimum absolute atomic E-state index is 0.0551. The second-order valence-electron chi connectivity index (χ2n) is 7.56. The quantitative estimate of drug-likeness (QED) is 0.552. The zero-order chi connectivity index (χ0) is 21.1. The maximum atomic E-state index is 12.6. The average Bonchev–Trinajstić information content (AvgIpc) is 3.50. The Morgan fingerprint density at radius 2 is 1.90 bits per heavy atom. The van der Waals surface area contributed by atoms with Crippen LogP contribution < -0.4 is 5.32 Å². The molecule has 4 rings (SSSR count). The van der Waals surface area contributed by atoms with E-state index in [1.54, 1.807) is 12.4 Å². The Morgan fingerprint density at radius 1 is 1.17 bits per heavy atom. The number of hydrogen-bond acceptors (Lipinski definition) is 5. The third kappa shape index (κ3) is 4.26. The zero-order valence-corrected chi connectivity index (χ0v) is 18.4. The summed E-state index contributed by atoms with van der Waals surface area (Å²) in [5, 5.41) is 12.6. The Kier molecular flexibility index (Phi) is 6.18. The van der Waals surface area contributed by atoms with Gasteiger partial charge in [-0.25, -0.2) is 0 Å². The van der Waals surface area contributed by atoms with Gasteiger partial charge in [0.1, 0.15) is 0 Å². The van der Waals surface area contributed by atoms with Crippen molar-refractivity contribution in [3.05, 3.63) is 53.9 Å². The maximum Gasteiger partial charge on any atom is 0.233 e. The lowest BCUT2D eigenvalue weighted by Crippen LogP contribution is -2.32.